The Labute approximate surface area is 258 Å². The Hall–Kier alpha value is -2.89. The maximum Gasteiger partial charge on any atom is 0.243 e. The van der Waals surface area contributed by atoms with Crippen molar-refractivity contribution >= 4 is 56.2 Å². The minimum absolute atomic E-state index is 0.327. The van der Waals surface area contributed by atoms with Gasteiger partial charge in [0.1, 0.15) is 0 Å². The average molecular weight is 628 g/mol. The molecule has 3 N–H and O–H groups in total. The largest absolute Gasteiger partial charge is 0.353 e. The van der Waals surface area contributed by atoms with E-state index in [1.54, 1.807) is 16.8 Å². The lowest BCUT2D eigenvalue weighted by atomic mass is 10.1. The van der Waals surface area contributed by atoms with Crippen LogP contribution in [-0.2, 0) is 20.7 Å². The third kappa shape index (κ3) is 7.26. The van der Waals surface area contributed by atoms with Crippen LogP contribution in [0.4, 0.5) is 5.82 Å². The van der Waals surface area contributed by atoms with E-state index in [1.807, 2.05) is 29.6 Å². The molecule has 230 valence electrons. The Morgan fingerprint density at radius 1 is 1.09 bits per heavy atom. The molecule has 2 aliphatic rings. The van der Waals surface area contributed by atoms with Gasteiger partial charge in [0.2, 0.25) is 5.91 Å². The summed E-state index contributed by atoms with van der Waals surface area (Å²) in [5.41, 5.74) is 4.61. The lowest BCUT2D eigenvalue weighted by molar-refractivity contribution is -0.365. The van der Waals surface area contributed by atoms with Gasteiger partial charge in [-0.3, -0.25) is 24.9 Å². The molecular formula is C28H37N9O4S2. The van der Waals surface area contributed by atoms with E-state index in [4.69, 9.17) is 24.5 Å². The maximum atomic E-state index is 11.3. The zero-order chi connectivity index (χ0) is 29.6. The van der Waals surface area contributed by atoms with Crippen molar-refractivity contribution in [3.8, 4) is 11.4 Å². The molecule has 0 unspecified atom stereocenters. The summed E-state index contributed by atoms with van der Waals surface area (Å²) in [5.74, 6) is 1.37. The van der Waals surface area contributed by atoms with Gasteiger partial charge in [0, 0.05) is 99.4 Å². The molecule has 0 aliphatic carbocycles. The number of amides is 1. The van der Waals surface area contributed by atoms with Crippen molar-refractivity contribution in [1.82, 2.24) is 40.5 Å². The average Bonchev–Trinajstić information content (AvgIpc) is 3.69. The fraction of sp³-hybridized carbons (Fsp3) is 0.500. The van der Waals surface area contributed by atoms with Crippen molar-refractivity contribution < 1.29 is 19.3 Å². The number of benzene rings is 1. The van der Waals surface area contributed by atoms with Crippen LogP contribution in [0.2, 0.25) is 0 Å². The van der Waals surface area contributed by atoms with E-state index < -0.39 is 0 Å². The molecule has 0 spiro atoms. The predicted octanol–water partition coefficient (Wildman–Crippen LogP) is 3.29. The molecule has 0 saturated carbocycles. The van der Waals surface area contributed by atoms with E-state index in [9.17, 15) is 4.79 Å². The fourth-order valence-corrected chi connectivity index (χ4v) is 6.96. The van der Waals surface area contributed by atoms with Gasteiger partial charge in [0.15, 0.2) is 11.6 Å². The minimum atomic E-state index is -0.327. The van der Waals surface area contributed by atoms with Crippen LogP contribution >= 0.6 is 23.4 Å². The predicted molar refractivity (Wildman–Crippen MR) is 167 cm³/mol. The topological polar surface area (TPSA) is 135 Å². The number of nitrogens with zero attached hydrogens (tertiary/aromatic N) is 7. The van der Waals surface area contributed by atoms with Crippen LogP contribution in [0.15, 0.2) is 30.5 Å². The molecule has 15 heteroatoms. The smallest absolute Gasteiger partial charge is 0.243 e. The number of hydrogen-bond acceptors (Lipinski definition) is 13. The summed E-state index contributed by atoms with van der Waals surface area (Å²) < 4.78 is 6.15. The summed E-state index contributed by atoms with van der Waals surface area (Å²) in [5, 5.41) is 18.9. The number of nitrogens with one attached hydrogen (secondary N) is 2. The monoisotopic (exact) mass is 627 g/mol. The highest BCUT2D eigenvalue weighted by atomic mass is 32.2. The number of piperazine rings is 2. The third-order valence-electron chi connectivity index (χ3n) is 7.97. The number of aromatic nitrogens is 4. The number of unbranched alkanes of at least 4 members (excludes halogenated alkanes) is 1. The second-order valence-corrected chi connectivity index (χ2v) is 12.4. The first-order valence-electron chi connectivity index (χ1n) is 14.6. The van der Waals surface area contributed by atoms with Crippen molar-refractivity contribution in [3.05, 3.63) is 35.3 Å². The van der Waals surface area contributed by atoms with Gasteiger partial charge in [-0.2, -0.15) is 10.2 Å². The summed E-state index contributed by atoms with van der Waals surface area (Å²) in [6.45, 7) is 8.73. The van der Waals surface area contributed by atoms with E-state index in [0.717, 1.165) is 111 Å². The molecule has 43 heavy (non-hydrogen) atoms. The zero-order valence-electron chi connectivity index (χ0n) is 24.2. The summed E-state index contributed by atoms with van der Waals surface area (Å²) in [6, 6.07) is 8.32. The van der Waals surface area contributed by atoms with Gasteiger partial charge in [-0.05, 0) is 31.5 Å². The lowest BCUT2D eigenvalue weighted by Crippen LogP contribution is -2.47. The number of rotatable bonds is 12. The Balaban J connectivity index is 1.21. The minimum Gasteiger partial charge on any atom is -0.353 e. The van der Waals surface area contributed by atoms with Gasteiger partial charge in [-0.1, -0.05) is 12.1 Å². The molecule has 1 amide bonds. The van der Waals surface area contributed by atoms with E-state index >= 15 is 0 Å². The second-order valence-electron chi connectivity index (χ2n) is 10.8. The van der Waals surface area contributed by atoms with E-state index in [0.29, 0.717) is 12.2 Å². The zero-order valence-corrected chi connectivity index (χ0v) is 25.8. The van der Waals surface area contributed by atoms with Crippen LogP contribution in [0.1, 0.15) is 24.1 Å². The van der Waals surface area contributed by atoms with Gasteiger partial charge in [0.25, 0.3) is 0 Å². The molecular weight excluding hydrogens is 591 g/mol. The van der Waals surface area contributed by atoms with E-state index in [2.05, 4.69) is 37.0 Å². The number of carbonyl (C=O) groups excluding carboxylic acids is 1. The first kappa shape index (κ1) is 30.1. The SMILES string of the molecule is CSOON1CCN(Cc2cc3nc(-c4cccc5[nH]ncc45)nc(N4CCN(CCCCC(=O)NO)CC4)c3s2)CC1. The molecule has 2 fully saturated rings. The van der Waals surface area contributed by atoms with Gasteiger partial charge < -0.3 is 4.90 Å². The first-order chi connectivity index (χ1) is 21.1. The van der Waals surface area contributed by atoms with Gasteiger partial charge in [-0.25, -0.2) is 15.4 Å². The molecule has 3 aromatic heterocycles. The number of carbonyl (C=O) groups is 1. The van der Waals surface area contributed by atoms with Crippen LogP contribution in [0.3, 0.4) is 0 Å². The molecule has 2 saturated heterocycles. The van der Waals surface area contributed by atoms with Gasteiger partial charge in [-0.15, -0.1) is 20.7 Å². The number of thiophene rings is 1. The molecule has 6 rings (SSSR count). The summed E-state index contributed by atoms with van der Waals surface area (Å²) in [7, 11) is 0. The molecule has 0 bridgehead atoms. The van der Waals surface area contributed by atoms with Gasteiger partial charge in [0.05, 0.1) is 21.9 Å². The molecule has 1 aromatic carbocycles. The fourth-order valence-electron chi connectivity index (χ4n) is 5.66. The van der Waals surface area contributed by atoms with Crippen LogP contribution in [-0.4, -0.2) is 111 Å². The maximum absolute atomic E-state index is 11.3. The Kier molecular flexibility index (Phi) is 10.00. The second kappa shape index (κ2) is 14.3. The Morgan fingerprint density at radius 2 is 1.91 bits per heavy atom. The van der Waals surface area contributed by atoms with Crippen molar-refractivity contribution in [2.24, 2.45) is 0 Å². The number of hydrogen-bond donors (Lipinski definition) is 3. The van der Waals surface area contributed by atoms with E-state index in [1.165, 1.54) is 16.9 Å². The van der Waals surface area contributed by atoms with E-state index in [-0.39, 0.29) is 5.91 Å². The normalized spacial score (nSPS) is 17.3. The van der Waals surface area contributed by atoms with Crippen molar-refractivity contribution in [3.63, 3.8) is 0 Å². The molecule has 13 nitrogen and oxygen atoms in total. The highest BCUT2D eigenvalue weighted by molar-refractivity contribution is 7.93. The number of anilines is 1. The molecule has 4 aromatic rings. The Bertz CT molecular complexity index is 1520. The van der Waals surface area contributed by atoms with Crippen molar-refractivity contribution in [1.29, 1.82) is 0 Å². The van der Waals surface area contributed by atoms with Gasteiger partial charge >= 0.3 is 0 Å². The summed E-state index contributed by atoms with van der Waals surface area (Å²) in [4.78, 5) is 35.4. The highest BCUT2D eigenvalue weighted by Crippen LogP contribution is 2.36. The standard InChI is InChI=1S/C28H37N9O4S2/c1-42-41-40-37-15-11-35(12-16-37)19-20-17-24-26(43-20)28(31-27(30-24)21-5-4-6-23-22(21)18-29-32-23)36-13-9-34(10-14-36)8-3-2-7-25(38)33-39/h4-6,17-18,39H,2-3,7-16,19H2,1H3,(H,29,32)(H,33,38). The molecule has 2 aliphatic heterocycles. The lowest BCUT2D eigenvalue weighted by Gasteiger charge is -2.35. The number of H-pyrrole nitrogens is 1. The Morgan fingerprint density at radius 3 is 2.70 bits per heavy atom. The van der Waals surface area contributed by atoms with Crippen molar-refractivity contribution in [2.45, 2.75) is 25.8 Å². The quantitative estimate of drug-likeness (QED) is 0.0699. The van der Waals surface area contributed by atoms with Crippen LogP contribution < -0.4 is 10.4 Å². The number of aromatic amines is 1. The first-order valence-corrected chi connectivity index (χ1v) is 16.6. The molecule has 0 radical (unpaired) electrons. The van der Waals surface area contributed by atoms with Crippen LogP contribution in [0.5, 0.6) is 0 Å². The molecule has 0 atom stereocenters. The van der Waals surface area contributed by atoms with Crippen LogP contribution in [0.25, 0.3) is 32.5 Å². The number of hydroxylamine groups is 3. The van der Waals surface area contributed by atoms with Crippen molar-refractivity contribution in [2.75, 3.05) is 70.1 Å². The molecule has 5 heterocycles. The summed E-state index contributed by atoms with van der Waals surface area (Å²) >= 11 is 2.98. The highest BCUT2D eigenvalue weighted by Gasteiger charge is 2.25. The summed E-state index contributed by atoms with van der Waals surface area (Å²) in [6.07, 6.45) is 5.70. The van der Waals surface area contributed by atoms with Crippen LogP contribution in [0, 0.1) is 0 Å². The third-order valence-corrected chi connectivity index (χ3v) is 9.27. The number of fused-ring (bicyclic) bond motifs is 2.